The molecule has 1 atom stereocenters. The van der Waals surface area contributed by atoms with Crippen LogP contribution in [-0.2, 0) is 16.1 Å². The first-order valence-electron chi connectivity index (χ1n) is 9.30. The normalized spacial score (nSPS) is 19.5. The minimum Gasteiger partial charge on any atom is -0.481 e. The van der Waals surface area contributed by atoms with E-state index in [1.165, 1.54) is 16.7 Å². The molecule has 2 aromatic rings. The molecule has 1 amide bonds. The van der Waals surface area contributed by atoms with Gasteiger partial charge < -0.3 is 14.7 Å². The van der Waals surface area contributed by atoms with Crippen molar-refractivity contribution in [2.24, 2.45) is 11.3 Å². The molecule has 0 radical (unpaired) electrons. The van der Waals surface area contributed by atoms with Crippen LogP contribution in [0.25, 0.3) is 10.8 Å². The Morgan fingerprint density at radius 2 is 1.96 bits per heavy atom. The maximum absolute atomic E-state index is 13.2. The molecular weight excluding hydrogens is 362 g/mol. The molecule has 2 heterocycles. The molecule has 1 N–H and O–H groups in total. The summed E-state index contributed by atoms with van der Waals surface area (Å²) < 4.78 is 6.42. The second-order valence-electron chi connectivity index (χ2n) is 7.77. The second kappa shape index (κ2) is 7.71. The number of aliphatic carboxylic acids is 1. The number of carbonyl (C=O) groups excluding carboxylic acids is 1. The SMILES string of the molecule is COCC1(C(=O)O)CCN(C(=O)c2nn(CC(C)C)c(=O)c3ccccc23)C1. The minimum atomic E-state index is -1.12. The molecule has 0 spiro atoms. The number of hydrogen-bond donors (Lipinski definition) is 1. The van der Waals surface area contributed by atoms with Crippen molar-refractivity contribution in [2.45, 2.75) is 26.8 Å². The smallest absolute Gasteiger partial charge is 0.313 e. The van der Waals surface area contributed by atoms with Gasteiger partial charge in [0.15, 0.2) is 5.69 Å². The lowest BCUT2D eigenvalue weighted by Gasteiger charge is -2.24. The summed E-state index contributed by atoms with van der Waals surface area (Å²) in [5.41, 5.74) is -1.18. The van der Waals surface area contributed by atoms with Crippen molar-refractivity contribution in [1.29, 1.82) is 0 Å². The Morgan fingerprint density at radius 3 is 2.57 bits per heavy atom. The molecule has 1 aromatic heterocycles. The lowest BCUT2D eigenvalue weighted by Crippen LogP contribution is -2.40. The number of fused-ring (bicyclic) bond motifs is 1. The van der Waals surface area contributed by atoms with Crippen LogP contribution in [0.1, 0.15) is 30.8 Å². The number of hydrogen-bond acceptors (Lipinski definition) is 5. The number of amides is 1. The molecule has 1 aliphatic heterocycles. The van der Waals surface area contributed by atoms with E-state index in [0.29, 0.717) is 30.3 Å². The molecular formula is C20H25N3O5. The van der Waals surface area contributed by atoms with E-state index >= 15 is 0 Å². The van der Waals surface area contributed by atoms with Gasteiger partial charge in [-0.2, -0.15) is 5.10 Å². The number of carboxylic acid groups (broad SMARTS) is 1. The zero-order valence-electron chi connectivity index (χ0n) is 16.3. The standard InChI is InChI=1S/C20H25N3O5/c1-13(2)10-23-17(24)15-7-5-4-6-14(15)16(21-23)18(25)22-9-8-20(11-22,12-28-3)19(26)27/h4-7,13H,8-12H2,1-3H3,(H,26,27). The number of carbonyl (C=O) groups is 2. The Balaban J connectivity index is 2.03. The van der Waals surface area contributed by atoms with Crippen molar-refractivity contribution in [1.82, 2.24) is 14.7 Å². The Labute approximate surface area is 162 Å². The molecule has 8 heteroatoms. The van der Waals surface area contributed by atoms with Crippen molar-refractivity contribution in [3.05, 3.63) is 40.3 Å². The molecule has 150 valence electrons. The molecule has 0 bridgehead atoms. The molecule has 28 heavy (non-hydrogen) atoms. The van der Waals surface area contributed by atoms with Gasteiger partial charge in [0.1, 0.15) is 5.41 Å². The highest BCUT2D eigenvalue weighted by Gasteiger charge is 2.47. The summed E-state index contributed by atoms with van der Waals surface area (Å²) in [4.78, 5) is 39.2. The average Bonchev–Trinajstić information content (AvgIpc) is 3.09. The van der Waals surface area contributed by atoms with Gasteiger partial charge in [-0.25, -0.2) is 4.68 Å². The second-order valence-corrected chi connectivity index (χ2v) is 7.77. The number of ether oxygens (including phenoxy) is 1. The van der Waals surface area contributed by atoms with Crippen LogP contribution in [0.3, 0.4) is 0 Å². The van der Waals surface area contributed by atoms with Crippen LogP contribution < -0.4 is 5.56 Å². The van der Waals surface area contributed by atoms with Crippen molar-refractivity contribution < 1.29 is 19.4 Å². The Kier molecular flexibility index (Phi) is 5.51. The van der Waals surface area contributed by atoms with Gasteiger partial charge in [-0.1, -0.05) is 32.0 Å². The zero-order valence-corrected chi connectivity index (χ0v) is 16.3. The van der Waals surface area contributed by atoms with E-state index in [1.807, 2.05) is 13.8 Å². The van der Waals surface area contributed by atoms with Gasteiger partial charge in [-0.15, -0.1) is 0 Å². The van der Waals surface area contributed by atoms with Crippen LogP contribution >= 0.6 is 0 Å². The predicted molar refractivity (Wildman–Crippen MR) is 103 cm³/mol. The lowest BCUT2D eigenvalue weighted by atomic mass is 9.88. The number of methoxy groups -OCH3 is 1. The highest BCUT2D eigenvalue weighted by atomic mass is 16.5. The van der Waals surface area contributed by atoms with Crippen LogP contribution in [0.4, 0.5) is 0 Å². The number of nitrogens with zero attached hydrogens (tertiary/aromatic N) is 3. The molecule has 1 saturated heterocycles. The Morgan fingerprint density at radius 1 is 1.29 bits per heavy atom. The van der Waals surface area contributed by atoms with Crippen LogP contribution in [0, 0.1) is 11.3 Å². The van der Waals surface area contributed by atoms with E-state index < -0.39 is 11.4 Å². The first kappa shape index (κ1) is 20.0. The van der Waals surface area contributed by atoms with E-state index in [4.69, 9.17) is 4.74 Å². The summed E-state index contributed by atoms with van der Waals surface area (Å²) in [7, 11) is 1.45. The molecule has 1 aromatic carbocycles. The quantitative estimate of drug-likeness (QED) is 0.808. The number of rotatable bonds is 6. The maximum atomic E-state index is 13.2. The summed E-state index contributed by atoms with van der Waals surface area (Å²) in [6.45, 7) is 4.72. The molecule has 0 saturated carbocycles. The molecule has 8 nitrogen and oxygen atoms in total. The molecule has 1 fully saturated rings. The van der Waals surface area contributed by atoms with E-state index in [-0.39, 0.29) is 36.2 Å². The molecule has 3 rings (SSSR count). The van der Waals surface area contributed by atoms with Gasteiger partial charge >= 0.3 is 5.97 Å². The van der Waals surface area contributed by atoms with Crippen LogP contribution in [0.2, 0.25) is 0 Å². The monoisotopic (exact) mass is 387 g/mol. The van der Waals surface area contributed by atoms with Crippen molar-refractivity contribution in [3.8, 4) is 0 Å². The molecule has 1 aliphatic rings. The van der Waals surface area contributed by atoms with Crippen molar-refractivity contribution in [2.75, 3.05) is 26.8 Å². The van der Waals surface area contributed by atoms with Crippen molar-refractivity contribution >= 4 is 22.6 Å². The number of likely N-dealkylation sites (tertiary alicyclic amines) is 1. The van der Waals surface area contributed by atoms with E-state index in [9.17, 15) is 19.5 Å². The van der Waals surface area contributed by atoms with Gasteiger partial charge in [-0.05, 0) is 18.4 Å². The third-order valence-electron chi connectivity index (χ3n) is 5.12. The third-order valence-corrected chi connectivity index (χ3v) is 5.12. The van der Waals surface area contributed by atoms with Gasteiger partial charge in [0, 0.05) is 32.1 Å². The fourth-order valence-electron chi connectivity index (χ4n) is 3.69. The van der Waals surface area contributed by atoms with Crippen molar-refractivity contribution in [3.63, 3.8) is 0 Å². The summed E-state index contributed by atoms with van der Waals surface area (Å²) >= 11 is 0. The van der Waals surface area contributed by atoms with Gasteiger partial charge in [0.2, 0.25) is 0 Å². The summed E-state index contributed by atoms with van der Waals surface area (Å²) in [5.74, 6) is -1.16. The third kappa shape index (κ3) is 3.52. The van der Waals surface area contributed by atoms with E-state index in [1.54, 1.807) is 24.3 Å². The summed E-state index contributed by atoms with van der Waals surface area (Å²) in [6, 6.07) is 6.89. The zero-order chi connectivity index (χ0) is 20.5. The largest absolute Gasteiger partial charge is 0.481 e. The van der Waals surface area contributed by atoms with Crippen LogP contribution in [0.5, 0.6) is 0 Å². The Hall–Kier alpha value is -2.74. The predicted octanol–water partition coefficient (Wildman–Crippen LogP) is 1.62. The fraction of sp³-hybridized carbons (Fsp3) is 0.500. The first-order chi connectivity index (χ1) is 13.3. The number of carboxylic acids is 1. The van der Waals surface area contributed by atoms with E-state index in [0.717, 1.165) is 0 Å². The number of aromatic nitrogens is 2. The highest BCUT2D eigenvalue weighted by molar-refractivity contribution is 6.05. The minimum absolute atomic E-state index is 0.0349. The number of benzene rings is 1. The summed E-state index contributed by atoms with van der Waals surface area (Å²) in [6.07, 6.45) is 0.311. The summed E-state index contributed by atoms with van der Waals surface area (Å²) in [5, 5.41) is 14.9. The lowest BCUT2D eigenvalue weighted by molar-refractivity contribution is -0.151. The van der Waals surface area contributed by atoms with Gasteiger partial charge in [-0.3, -0.25) is 14.4 Å². The molecule has 1 unspecified atom stereocenters. The van der Waals surface area contributed by atoms with Crippen LogP contribution in [-0.4, -0.2) is 58.5 Å². The Bertz CT molecular complexity index is 968. The van der Waals surface area contributed by atoms with Gasteiger partial charge in [0.25, 0.3) is 11.5 Å². The van der Waals surface area contributed by atoms with Crippen LogP contribution in [0.15, 0.2) is 29.1 Å². The first-order valence-corrected chi connectivity index (χ1v) is 9.30. The van der Waals surface area contributed by atoms with E-state index in [2.05, 4.69) is 5.10 Å². The fourth-order valence-corrected chi connectivity index (χ4v) is 3.69. The highest BCUT2D eigenvalue weighted by Crippen LogP contribution is 2.32. The van der Waals surface area contributed by atoms with Gasteiger partial charge in [0.05, 0.1) is 12.0 Å². The molecule has 0 aliphatic carbocycles. The average molecular weight is 387 g/mol. The maximum Gasteiger partial charge on any atom is 0.313 e. The topological polar surface area (TPSA) is 102 Å².